The Balaban J connectivity index is 3.00. The van der Waals surface area contributed by atoms with E-state index in [-0.39, 0.29) is 5.54 Å². The van der Waals surface area contributed by atoms with E-state index in [1.165, 1.54) is 0 Å². The van der Waals surface area contributed by atoms with Crippen LogP contribution >= 0.6 is 0 Å². The van der Waals surface area contributed by atoms with Crippen molar-refractivity contribution in [2.24, 2.45) is 0 Å². The van der Waals surface area contributed by atoms with Crippen LogP contribution < -0.4 is 5.73 Å². The van der Waals surface area contributed by atoms with Crippen LogP contribution in [0.15, 0.2) is 0 Å². The first-order chi connectivity index (χ1) is 5.08. The van der Waals surface area contributed by atoms with E-state index in [0.717, 1.165) is 6.42 Å². The summed E-state index contributed by atoms with van der Waals surface area (Å²) in [4.78, 5) is 0. The fraction of sp³-hybridized carbons (Fsp3) is 0.833. The molecule has 0 atom stereocenters. The lowest BCUT2D eigenvalue weighted by Gasteiger charge is -2.22. The molecule has 0 aliphatic heterocycles. The second-order valence-corrected chi connectivity index (χ2v) is 3.11. The van der Waals surface area contributed by atoms with Crippen molar-refractivity contribution in [2.45, 2.75) is 32.7 Å². The largest absolute Gasteiger partial charge is 0.367 e. The second kappa shape index (κ2) is 2.48. The van der Waals surface area contributed by atoms with Crippen LogP contribution in [0.1, 0.15) is 27.2 Å². The van der Waals surface area contributed by atoms with Gasteiger partial charge >= 0.3 is 0 Å². The summed E-state index contributed by atoms with van der Waals surface area (Å²) < 4.78 is 1.63. The molecular weight excluding hydrogens is 142 g/mol. The fourth-order valence-electron chi connectivity index (χ4n) is 0.775. The molecule has 0 saturated carbocycles. The number of tetrazole rings is 1. The lowest BCUT2D eigenvalue weighted by molar-refractivity contribution is 0.306. The summed E-state index contributed by atoms with van der Waals surface area (Å²) in [5.74, 6) is 0.372. The molecule has 1 rings (SSSR count). The molecule has 0 amide bonds. The smallest absolute Gasteiger partial charge is 0.240 e. The number of aromatic nitrogens is 4. The highest BCUT2D eigenvalue weighted by Crippen LogP contribution is 2.19. The van der Waals surface area contributed by atoms with Crippen LogP contribution in [0.4, 0.5) is 5.95 Å². The molecule has 0 aromatic carbocycles. The van der Waals surface area contributed by atoms with Gasteiger partial charge in [-0.3, -0.25) is 0 Å². The van der Waals surface area contributed by atoms with Crippen LogP contribution in [-0.4, -0.2) is 20.2 Å². The molecular formula is C6H13N5. The maximum Gasteiger partial charge on any atom is 0.240 e. The summed E-state index contributed by atoms with van der Waals surface area (Å²) in [6.07, 6.45) is 0.947. The van der Waals surface area contributed by atoms with E-state index >= 15 is 0 Å². The van der Waals surface area contributed by atoms with Crippen LogP contribution in [0.5, 0.6) is 0 Å². The standard InChI is InChI=1S/C6H13N5/c1-4-6(2,3)11-5(7)8-9-10-11/h4H2,1-3H3,(H2,7,8,10). The van der Waals surface area contributed by atoms with Crippen molar-refractivity contribution < 1.29 is 0 Å². The molecule has 0 bridgehead atoms. The van der Waals surface area contributed by atoms with E-state index in [4.69, 9.17) is 5.73 Å². The van der Waals surface area contributed by atoms with Crippen LogP contribution in [0.3, 0.4) is 0 Å². The third-order valence-electron chi connectivity index (χ3n) is 1.93. The SMILES string of the molecule is CCC(C)(C)n1nnnc1N. The Morgan fingerprint density at radius 1 is 1.55 bits per heavy atom. The van der Waals surface area contributed by atoms with Gasteiger partial charge in [-0.15, -0.1) is 0 Å². The number of hydrogen-bond acceptors (Lipinski definition) is 4. The molecule has 5 heteroatoms. The summed E-state index contributed by atoms with van der Waals surface area (Å²) in [7, 11) is 0. The molecule has 11 heavy (non-hydrogen) atoms. The summed E-state index contributed by atoms with van der Waals surface area (Å²) in [5, 5.41) is 10.9. The summed E-state index contributed by atoms with van der Waals surface area (Å²) in [5.41, 5.74) is 5.44. The lowest BCUT2D eigenvalue weighted by atomic mass is 10.0. The van der Waals surface area contributed by atoms with E-state index in [9.17, 15) is 0 Å². The number of nitrogens with zero attached hydrogens (tertiary/aromatic N) is 4. The zero-order valence-corrected chi connectivity index (χ0v) is 7.07. The van der Waals surface area contributed by atoms with Crippen molar-refractivity contribution in [1.82, 2.24) is 20.2 Å². The van der Waals surface area contributed by atoms with Crippen molar-refractivity contribution in [1.29, 1.82) is 0 Å². The van der Waals surface area contributed by atoms with Gasteiger partial charge in [0.1, 0.15) is 0 Å². The first-order valence-electron chi connectivity index (χ1n) is 3.62. The Bertz CT molecular complexity index is 239. The van der Waals surface area contributed by atoms with Gasteiger partial charge in [0.25, 0.3) is 0 Å². The zero-order valence-electron chi connectivity index (χ0n) is 7.07. The molecule has 62 valence electrons. The predicted octanol–water partition coefficient (Wildman–Crippen LogP) is 0.400. The molecule has 0 aliphatic rings. The fourth-order valence-corrected chi connectivity index (χ4v) is 0.775. The third-order valence-corrected chi connectivity index (χ3v) is 1.93. The Morgan fingerprint density at radius 2 is 2.18 bits per heavy atom. The second-order valence-electron chi connectivity index (χ2n) is 3.11. The van der Waals surface area contributed by atoms with Gasteiger partial charge in [-0.2, -0.15) is 0 Å². The molecule has 5 nitrogen and oxygen atoms in total. The van der Waals surface area contributed by atoms with Gasteiger partial charge in [0.15, 0.2) is 0 Å². The van der Waals surface area contributed by atoms with Gasteiger partial charge in [0.05, 0.1) is 5.54 Å². The van der Waals surface area contributed by atoms with Crippen molar-refractivity contribution in [3.63, 3.8) is 0 Å². The van der Waals surface area contributed by atoms with Gasteiger partial charge < -0.3 is 5.73 Å². The van der Waals surface area contributed by atoms with Gasteiger partial charge in [-0.05, 0) is 30.7 Å². The third kappa shape index (κ3) is 1.31. The number of hydrogen-bond donors (Lipinski definition) is 1. The maximum atomic E-state index is 5.53. The minimum absolute atomic E-state index is 0.0897. The van der Waals surface area contributed by atoms with E-state index < -0.39 is 0 Å². The Morgan fingerprint density at radius 3 is 2.55 bits per heavy atom. The van der Waals surface area contributed by atoms with Crippen LogP contribution in [0, 0.1) is 0 Å². The molecule has 1 aromatic heterocycles. The average molecular weight is 155 g/mol. The average Bonchev–Trinajstić information content (AvgIpc) is 2.36. The molecule has 0 unspecified atom stereocenters. The molecule has 0 saturated heterocycles. The zero-order chi connectivity index (χ0) is 8.48. The topological polar surface area (TPSA) is 69.6 Å². The van der Waals surface area contributed by atoms with Crippen molar-refractivity contribution in [2.75, 3.05) is 5.73 Å². The van der Waals surface area contributed by atoms with Crippen molar-refractivity contribution >= 4 is 5.95 Å². The highest BCUT2D eigenvalue weighted by Gasteiger charge is 2.21. The van der Waals surface area contributed by atoms with E-state index in [2.05, 4.69) is 22.4 Å². The number of rotatable bonds is 2. The van der Waals surface area contributed by atoms with Gasteiger partial charge in [0, 0.05) is 0 Å². The molecule has 1 aromatic rings. The molecule has 0 spiro atoms. The van der Waals surface area contributed by atoms with E-state index in [0.29, 0.717) is 5.95 Å². The number of anilines is 1. The van der Waals surface area contributed by atoms with E-state index in [1.807, 2.05) is 13.8 Å². The van der Waals surface area contributed by atoms with E-state index in [1.54, 1.807) is 4.68 Å². The normalized spacial score (nSPS) is 11.9. The quantitative estimate of drug-likeness (QED) is 0.671. The Hall–Kier alpha value is -1.13. The van der Waals surface area contributed by atoms with Crippen molar-refractivity contribution in [3.8, 4) is 0 Å². The highest BCUT2D eigenvalue weighted by atomic mass is 15.6. The summed E-state index contributed by atoms with van der Waals surface area (Å²) in [6.45, 7) is 6.15. The lowest BCUT2D eigenvalue weighted by Crippen LogP contribution is -2.27. The monoisotopic (exact) mass is 155 g/mol. The van der Waals surface area contributed by atoms with Gasteiger partial charge in [0.2, 0.25) is 5.95 Å². The minimum atomic E-state index is -0.0897. The minimum Gasteiger partial charge on any atom is -0.367 e. The van der Waals surface area contributed by atoms with Gasteiger partial charge in [-0.25, -0.2) is 4.68 Å². The summed E-state index contributed by atoms with van der Waals surface area (Å²) >= 11 is 0. The molecule has 1 heterocycles. The first kappa shape index (κ1) is 7.97. The molecule has 0 fully saturated rings. The number of nitrogen functional groups attached to an aromatic ring is 1. The molecule has 2 N–H and O–H groups in total. The van der Waals surface area contributed by atoms with Crippen LogP contribution in [0.25, 0.3) is 0 Å². The molecule has 0 radical (unpaired) electrons. The highest BCUT2D eigenvalue weighted by molar-refractivity contribution is 5.12. The Kier molecular flexibility index (Phi) is 1.80. The van der Waals surface area contributed by atoms with Crippen LogP contribution in [-0.2, 0) is 5.54 Å². The summed E-state index contributed by atoms with van der Waals surface area (Å²) in [6, 6.07) is 0. The first-order valence-corrected chi connectivity index (χ1v) is 3.62. The van der Waals surface area contributed by atoms with Gasteiger partial charge in [-0.1, -0.05) is 12.0 Å². The van der Waals surface area contributed by atoms with Crippen molar-refractivity contribution in [3.05, 3.63) is 0 Å². The van der Waals surface area contributed by atoms with Crippen LogP contribution in [0.2, 0.25) is 0 Å². The predicted molar refractivity (Wildman–Crippen MR) is 41.8 cm³/mol. The maximum absolute atomic E-state index is 5.53. The molecule has 0 aliphatic carbocycles. The number of nitrogens with two attached hydrogens (primary N) is 1. The Labute approximate surface area is 65.6 Å².